The fraction of sp³-hybridized carbons (Fsp3) is 0.214. The van der Waals surface area contributed by atoms with Gasteiger partial charge >= 0.3 is 6.61 Å². The summed E-state index contributed by atoms with van der Waals surface area (Å²) in [6.07, 6.45) is 1.37. The molecular weight excluding hydrogens is 282 g/mol. The molecule has 0 aliphatic rings. The van der Waals surface area contributed by atoms with Crippen molar-refractivity contribution in [2.45, 2.75) is 13.0 Å². The van der Waals surface area contributed by atoms with Crippen molar-refractivity contribution in [3.8, 4) is 11.6 Å². The van der Waals surface area contributed by atoms with E-state index < -0.39 is 6.61 Å². The van der Waals surface area contributed by atoms with Gasteiger partial charge in [0.15, 0.2) is 5.78 Å². The highest BCUT2D eigenvalue weighted by Gasteiger charge is 2.10. The van der Waals surface area contributed by atoms with Gasteiger partial charge in [-0.1, -0.05) is 0 Å². The molecule has 1 aromatic heterocycles. The van der Waals surface area contributed by atoms with Crippen LogP contribution in [0.15, 0.2) is 36.7 Å². The number of nitrogens with zero attached hydrogens (tertiary/aromatic N) is 2. The van der Waals surface area contributed by atoms with E-state index >= 15 is 0 Å². The number of hydrogen-bond donors (Lipinski definition) is 0. The van der Waals surface area contributed by atoms with Crippen LogP contribution in [-0.4, -0.2) is 29.5 Å². The number of aromatic nitrogens is 2. The third-order valence-corrected chi connectivity index (χ3v) is 2.65. The van der Waals surface area contributed by atoms with Crippen LogP contribution in [0.1, 0.15) is 16.1 Å². The number of halogens is 2. The Bertz CT molecular complexity index is 618. The van der Waals surface area contributed by atoms with E-state index in [0.717, 1.165) is 0 Å². The van der Waals surface area contributed by atoms with Crippen LogP contribution in [0.5, 0.6) is 11.6 Å². The zero-order valence-electron chi connectivity index (χ0n) is 11.1. The Labute approximate surface area is 119 Å². The third kappa shape index (κ3) is 4.20. The van der Waals surface area contributed by atoms with E-state index in [2.05, 4.69) is 14.7 Å². The van der Waals surface area contributed by atoms with Crippen molar-refractivity contribution in [2.24, 2.45) is 0 Å². The van der Waals surface area contributed by atoms with Crippen molar-refractivity contribution in [2.75, 3.05) is 7.11 Å². The highest BCUT2D eigenvalue weighted by Crippen LogP contribution is 2.16. The van der Waals surface area contributed by atoms with Crippen molar-refractivity contribution in [3.63, 3.8) is 0 Å². The zero-order valence-corrected chi connectivity index (χ0v) is 11.1. The van der Waals surface area contributed by atoms with Gasteiger partial charge in [-0.3, -0.25) is 4.79 Å². The second-order valence-electron chi connectivity index (χ2n) is 4.05. The van der Waals surface area contributed by atoms with Gasteiger partial charge in [0.2, 0.25) is 5.88 Å². The van der Waals surface area contributed by atoms with Gasteiger partial charge < -0.3 is 9.47 Å². The van der Waals surface area contributed by atoms with Crippen LogP contribution < -0.4 is 9.47 Å². The average molecular weight is 294 g/mol. The molecule has 7 heteroatoms. The molecule has 0 aliphatic carbocycles. The summed E-state index contributed by atoms with van der Waals surface area (Å²) in [6, 6.07) is 7.06. The lowest BCUT2D eigenvalue weighted by molar-refractivity contribution is -0.0498. The van der Waals surface area contributed by atoms with Crippen LogP contribution in [0.3, 0.4) is 0 Å². The second-order valence-corrected chi connectivity index (χ2v) is 4.05. The number of carbonyl (C=O) groups is 1. The summed E-state index contributed by atoms with van der Waals surface area (Å²) < 4.78 is 33.2. The largest absolute Gasteiger partial charge is 0.481 e. The van der Waals surface area contributed by atoms with Gasteiger partial charge in [-0.25, -0.2) is 9.97 Å². The molecular formula is C14H12F2N2O3. The van der Waals surface area contributed by atoms with Crippen LogP contribution in [0.2, 0.25) is 0 Å². The Morgan fingerprint density at radius 2 is 1.95 bits per heavy atom. The molecule has 110 valence electrons. The molecule has 2 aromatic rings. The van der Waals surface area contributed by atoms with Gasteiger partial charge in [0.1, 0.15) is 12.1 Å². The summed E-state index contributed by atoms with van der Waals surface area (Å²) >= 11 is 0. The highest BCUT2D eigenvalue weighted by molar-refractivity contribution is 5.97. The van der Waals surface area contributed by atoms with Gasteiger partial charge in [0.05, 0.1) is 19.2 Å². The Morgan fingerprint density at radius 1 is 1.24 bits per heavy atom. The Kier molecular flexibility index (Phi) is 4.76. The van der Waals surface area contributed by atoms with Crippen LogP contribution in [0.25, 0.3) is 0 Å². The van der Waals surface area contributed by atoms with E-state index in [0.29, 0.717) is 17.1 Å². The Hall–Kier alpha value is -2.57. The lowest BCUT2D eigenvalue weighted by Gasteiger charge is -2.05. The topological polar surface area (TPSA) is 61.3 Å². The number of benzene rings is 1. The van der Waals surface area contributed by atoms with E-state index in [-0.39, 0.29) is 18.0 Å². The standard InChI is InChI=1S/C14H12F2N2O3/c1-20-13-7-10(17-8-18-13)6-12(19)9-2-4-11(5-3-9)21-14(15)16/h2-5,7-8,14H,6H2,1H3. The molecule has 0 unspecified atom stereocenters. The highest BCUT2D eigenvalue weighted by atomic mass is 19.3. The number of methoxy groups -OCH3 is 1. The van der Waals surface area contributed by atoms with E-state index in [1.54, 1.807) is 6.07 Å². The Balaban J connectivity index is 2.05. The van der Waals surface area contributed by atoms with Gasteiger partial charge in [-0.15, -0.1) is 0 Å². The summed E-state index contributed by atoms with van der Waals surface area (Å²) in [6.45, 7) is -2.89. The molecule has 0 bridgehead atoms. The molecule has 1 heterocycles. The average Bonchev–Trinajstić information content (AvgIpc) is 2.47. The van der Waals surface area contributed by atoms with Gasteiger partial charge in [-0.05, 0) is 24.3 Å². The van der Waals surface area contributed by atoms with E-state index in [9.17, 15) is 13.6 Å². The van der Waals surface area contributed by atoms with E-state index in [4.69, 9.17) is 4.74 Å². The molecule has 0 saturated heterocycles. The predicted octanol–water partition coefficient (Wildman–Crippen LogP) is 2.51. The fourth-order valence-corrected chi connectivity index (χ4v) is 1.67. The molecule has 0 spiro atoms. The molecule has 5 nitrogen and oxygen atoms in total. The molecule has 0 atom stereocenters. The smallest absolute Gasteiger partial charge is 0.387 e. The van der Waals surface area contributed by atoms with Crippen molar-refractivity contribution in [1.82, 2.24) is 9.97 Å². The van der Waals surface area contributed by atoms with Crippen LogP contribution in [-0.2, 0) is 6.42 Å². The molecule has 2 rings (SSSR count). The van der Waals surface area contributed by atoms with Crippen LogP contribution in [0.4, 0.5) is 8.78 Å². The number of alkyl halides is 2. The molecule has 0 radical (unpaired) electrons. The van der Waals surface area contributed by atoms with Gasteiger partial charge in [0, 0.05) is 11.6 Å². The van der Waals surface area contributed by atoms with Crippen LogP contribution in [0, 0.1) is 0 Å². The molecule has 0 aliphatic heterocycles. The summed E-state index contributed by atoms with van der Waals surface area (Å²) in [5.41, 5.74) is 0.897. The SMILES string of the molecule is COc1cc(CC(=O)c2ccc(OC(F)F)cc2)ncn1. The maximum absolute atomic E-state index is 12.1. The number of ketones is 1. The van der Waals surface area contributed by atoms with Gasteiger partial charge in [-0.2, -0.15) is 8.78 Å². The number of hydrogen-bond acceptors (Lipinski definition) is 5. The fourth-order valence-electron chi connectivity index (χ4n) is 1.67. The maximum Gasteiger partial charge on any atom is 0.387 e. The molecule has 0 fully saturated rings. The van der Waals surface area contributed by atoms with Crippen molar-refractivity contribution < 1.29 is 23.0 Å². The quantitative estimate of drug-likeness (QED) is 0.766. The molecule has 21 heavy (non-hydrogen) atoms. The molecule has 0 amide bonds. The monoisotopic (exact) mass is 294 g/mol. The maximum atomic E-state index is 12.1. The number of Topliss-reactive ketones (excluding diaryl/α,β-unsaturated/α-hetero) is 1. The zero-order chi connectivity index (χ0) is 15.2. The third-order valence-electron chi connectivity index (χ3n) is 2.65. The number of ether oxygens (including phenoxy) is 2. The minimum Gasteiger partial charge on any atom is -0.481 e. The number of rotatable bonds is 6. The number of carbonyl (C=O) groups excluding carboxylic acids is 1. The van der Waals surface area contributed by atoms with Crippen molar-refractivity contribution in [3.05, 3.63) is 47.9 Å². The van der Waals surface area contributed by atoms with E-state index in [1.807, 2.05) is 0 Å². The van der Waals surface area contributed by atoms with Crippen LogP contribution >= 0.6 is 0 Å². The predicted molar refractivity (Wildman–Crippen MR) is 69.7 cm³/mol. The molecule has 0 saturated carbocycles. The summed E-state index contributed by atoms with van der Waals surface area (Å²) in [5.74, 6) is 0.179. The van der Waals surface area contributed by atoms with E-state index in [1.165, 1.54) is 37.7 Å². The summed E-state index contributed by atoms with van der Waals surface area (Å²) in [7, 11) is 1.47. The first-order valence-corrected chi connectivity index (χ1v) is 6.01. The lowest BCUT2D eigenvalue weighted by Crippen LogP contribution is -2.06. The first-order valence-electron chi connectivity index (χ1n) is 6.01. The Morgan fingerprint density at radius 3 is 2.57 bits per heavy atom. The minimum atomic E-state index is -2.89. The minimum absolute atomic E-state index is 0.00487. The van der Waals surface area contributed by atoms with Crippen molar-refractivity contribution in [1.29, 1.82) is 0 Å². The summed E-state index contributed by atoms with van der Waals surface area (Å²) in [5, 5.41) is 0. The summed E-state index contributed by atoms with van der Waals surface area (Å²) in [4.78, 5) is 19.9. The molecule has 0 N–H and O–H groups in total. The second kappa shape index (κ2) is 6.74. The first-order chi connectivity index (χ1) is 10.1. The van der Waals surface area contributed by atoms with Gasteiger partial charge in [0.25, 0.3) is 0 Å². The molecule has 1 aromatic carbocycles. The van der Waals surface area contributed by atoms with Crippen molar-refractivity contribution >= 4 is 5.78 Å². The first kappa shape index (κ1) is 14.8. The lowest BCUT2D eigenvalue weighted by atomic mass is 10.1. The normalized spacial score (nSPS) is 10.5.